The van der Waals surface area contributed by atoms with Crippen LogP contribution in [0.3, 0.4) is 0 Å². The van der Waals surface area contributed by atoms with E-state index >= 15 is 0 Å². The highest BCUT2D eigenvalue weighted by molar-refractivity contribution is 6.04. The van der Waals surface area contributed by atoms with Gasteiger partial charge in [0, 0.05) is 11.3 Å². The van der Waals surface area contributed by atoms with Crippen LogP contribution in [0.15, 0.2) is 59.3 Å². The number of nitrogens with zero attached hydrogens (tertiary/aromatic N) is 2. The van der Waals surface area contributed by atoms with Gasteiger partial charge in [0.05, 0.1) is 5.56 Å². The van der Waals surface area contributed by atoms with Gasteiger partial charge in [-0.05, 0) is 30.3 Å². The number of hydrogen-bond donors (Lipinski definition) is 1. The SMILES string of the molecule is O=C(Nc1cccc(-c2nnco2)c1)c1ccccc1F. The van der Waals surface area contributed by atoms with E-state index in [4.69, 9.17) is 4.42 Å². The van der Waals surface area contributed by atoms with Crippen LogP contribution in [0.5, 0.6) is 0 Å². The topological polar surface area (TPSA) is 68.0 Å². The fraction of sp³-hybridized carbons (Fsp3) is 0. The highest BCUT2D eigenvalue weighted by Gasteiger charge is 2.12. The first-order valence-corrected chi connectivity index (χ1v) is 6.16. The maximum absolute atomic E-state index is 13.6. The van der Waals surface area contributed by atoms with Crippen molar-refractivity contribution in [2.24, 2.45) is 0 Å². The third kappa shape index (κ3) is 2.79. The van der Waals surface area contributed by atoms with Crippen LogP contribution in [-0.4, -0.2) is 16.1 Å². The Morgan fingerprint density at radius 2 is 2.00 bits per heavy atom. The minimum Gasteiger partial charge on any atom is -0.423 e. The summed E-state index contributed by atoms with van der Waals surface area (Å²) in [6.45, 7) is 0. The molecule has 104 valence electrons. The third-order valence-electron chi connectivity index (χ3n) is 2.85. The number of benzene rings is 2. The third-order valence-corrected chi connectivity index (χ3v) is 2.85. The molecule has 3 rings (SSSR count). The Labute approximate surface area is 119 Å². The molecule has 0 atom stereocenters. The van der Waals surface area contributed by atoms with Crippen LogP contribution in [-0.2, 0) is 0 Å². The number of hydrogen-bond acceptors (Lipinski definition) is 4. The van der Waals surface area contributed by atoms with Crippen LogP contribution in [0.2, 0.25) is 0 Å². The summed E-state index contributed by atoms with van der Waals surface area (Å²) in [7, 11) is 0. The van der Waals surface area contributed by atoms with Gasteiger partial charge in [-0.1, -0.05) is 18.2 Å². The molecule has 5 nitrogen and oxygen atoms in total. The zero-order chi connectivity index (χ0) is 14.7. The number of aromatic nitrogens is 2. The zero-order valence-electron chi connectivity index (χ0n) is 10.8. The number of carbonyl (C=O) groups is 1. The first-order valence-electron chi connectivity index (χ1n) is 6.16. The Morgan fingerprint density at radius 1 is 1.14 bits per heavy atom. The molecular formula is C15H10FN3O2. The molecule has 0 radical (unpaired) electrons. The first-order chi connectivity index (χ1) is 10.2. The normalized spacial score (nSPS) is 10.3. The lowest BCUT2D eigenvalue weighted by Crippen LogP contribution is -2.13. The molecule has 1 N–H and O–H groups in total. The van der Waals surface area contributed by atoms with Crippen LogP contribution in [0.4, 0.5) is 10.1 Å². The van der Waals surface area contributed by atoms with E-state index < -0.39 is 11.7 Å². The Kier molecular flexibility index (Phi) is 3.42. The van der Waals surface area contributed by atoms with E-state index in [1.165, 1.54) is 24.6 Å². The fourth-order valence-corrected chi connectivity index (χ4v) is 1.87. The number of carbonyl (C=O) groups excluding carboxylic acids is 1. The smallest absolute Gasteiger partial charge is 0.258 e. The van der Waals surface area contributed by atoms with Crippen LogP contribution >= 0.6 is 0 Å². The van der Waals surface area contributed by atoms with E-state index in [1.807, 2.05) is 0 Å². The quantitative estimate of drug-likeness (QED) is 0.801. The Balaban J connectivity index is 1.84. The van der Waals surface area contributed by atoms with Crippen molar-refractivity contribution < 1.29 is 13.6 Å². The molecule has 1 aromatic heterocycles. The van der Waals surface area contributed by atoms with Gasteiger partial charge in [-0.25, -0.2) is 4.39 Å². The van der Waals surface area contributed by atoms with Gasteiger partial charge >= 0.3 is 0 Å². The minimum absolute atomic E-state index is 0.0132. The minimum atomic E-state index is -0.567. The summed E-state index contributed by atoms with van der Waals surface area (Å²) in [6, 6.07) is 12.7. The lowest BCUT2D eigenvalue weighted by molar-refractivity contribution is 0.102. The Bertz CT molecular complexity index is 772. The molecule has 0 aliphatic heterocycles. The summed E-state index contributed by atoms with van der Waals surface area (Å²) in [4.78, 5) is 12.0. The predicted octanol–water partition coefficient (Wildman–Crippen LogP) is 3.13. The van der Waals surface area contributed by atoms with Crippen molar-refractivity contribution in [3.63, 3.8) is 0 Å². The molecule has 0 aliphatic rings. The maximum Gasteiger partial charge on any atom is 0.258 e. The van der Waals surface area contributed by atoms with Crippen LogP contribution in [0.1, 0.15) is 10.4 Å². The van der Waals surface area contributed by atoms with Crippen molar-refractivity contribution in [2.45, 2.75) is 0 Å². The summed E-state index contributed by atoms with van der Waals surface area (Å²) in [6.07, 6.45) is 1.22. The molecule has 0 unspecified atom stereocenters. The summed E-state index contributed by atoms with van der Waals surface area (Å²) in [5, 5.41) is 10.0. The summed E-state index contributed by atoms with van der Waals surface area (Å²) < 4.78 is 18.6. The summed E-state index contributed by atoms with van der Waals surface area (Å²) >= 11 is 0. The molecule has 3 aromatic rings. The standard InChI is InChI=1S/C15H10FN3O2/c16-13-7-2-1-6-12(13)14(20)18-11-5-3-4-10(8-11)15-19-17-9-21-15/h1-9H,(H,18,20). The van der Waals surface area contributed by atoms with Crippen molar-refractivity contribution in [2.75, 3.05) is 5.32 Å². The molecular weight excluding hydrogens is 273 g/mol. The van der Waals surface area contributed by atoms with Gasteiger partial charge in [-0.2, -0.15) is 0 Å². The lowest BCUT2D eigenvalue weighted by atomic mass is 10.1. The van der Waals surface area contributed by atoms with Gasteiger partial charge < -0.3 is 9.73 Å². The Morgan fingerprint density at radius 3 is 2.76 bits per heavy atom. The molecule has 0 saturated heterocycles. The number of anilines is 1. The number of nitrogens with one attached hydrogen (secondary N) is 1. The van der Waals surface area contributed by atoms with Crippen molar-refractivity contribution in [1.82, 2.24) is 10.2 Å². The largest absolute Gasteiger partial charge is 0.423 e. The number of halogens is 1. The fourth-order valence-electron chi connectivity index (χ4n) is 1.87. The maximum atomic E-state index is 13.6. The van der Waals surface area contributed by atoms with Crippen LogP contribution < -0.4 is 5.32 Å². The lowest BCUT2D eigenvalue weighted by Gasteiger charge is -2.06. The number of amides is 1. The van der Waals surface area contributed by atoms with Gasteiger partial charge in [0.2, 0.25) is 12.3 Å². The van der Waals surface area contributed by atoms with Gasteiger partial charge in [0.1, 0.15) is 5.82 Å². The molecule has 21 heavy (non-hydrogen) atoms. The van der Waals surface area contributed by atoms with Crippen molar-refractivity contribution in [3.8, 4) is 11.5 Å². The van der Waals surface area contributed by atoms with E-state index in [1.54, 1.807) is 30.3 Å². The molecule has 2 aromatic carbocycles. The van der Waals surface area contributed by atoms with Crippen molar-refractivity contribution in [3.05, 3.63) is 66.3 Å². The summed E-state index contributed by atoms with van der Waals surface area (Å²) in [5.74, 6) is -0.740. The van der Waals surface area contributed by atoms with Gasteiger partial charge in [0.25, 0.3) is 5.91 Å². The van der Waals surface area contributed by atoms with E-state index in [-0.39, 0.29) is 5.56 Å². The van der Waals surface area contributed by atoms with Gasteiger partial charge in [-0.3, -0.25) is 4.79 Å². The van der Waals surface area contributed by atoms with Crippen molar-refractivity contribution >= 4 is 11.6 Å². The highest BCUT2D eigenvalue weighted by atomic mass is 19.1. The average Bonchev–Trinajstić information content (AvgIpc) is 3.02. The van der Waals surface area contributed by atoms with E-state index in [0.29, 0.717) is 17.1 Å². The molecule has 0 saturated carbocycles. The monoisotopic (exact) mass is 283 g/mol. The van der Waals surface area contributed by atoms with Gasteiger partial charge in [0.15, 0.2) is 0 Å². The van der Waals surface area contributed by atoms with Crippen LogP contribution in [0, 0.1) is 5.82 Å². The van der Waals surface area contributed by atoms with Crippen LogP contribution in [0.25, 0.3) is 11.5 Å². The molecule has 0 bridgehead atoms. The molecule has 0 aliphatic carbocycles. The molecule has 1 amide bonds. The predicted molar refractivity (Wildman–Crippen MR) is 74.1 cm³/mol. The molecule has 0 spiro atoms. The summed E-state index contributed by atoms with van der Waals surface area (Å²) in [5.41, 5.74) is 1.17. The van der Waals surface area contributed by atoms with Gasteiger partial charge in [-0.15, -0.1) is 10.2 Å². The first kappa shape index (κ1) is 13.0. The second-order valence-electron chi connectivity index (χ2n) is 4.26. The van der Waals surface area contributed by atoms with E-state index in [0.717, 1.165) is 0 Å². The molecule has 6 heteroatoms. The zero-order valence-corrected chi connectivity index (χ0v) is 10.8. The van der Waals surface area contributed by atoms with Crippen molar-refractivity contribution in [1.29, 1.82) is 0 Å². The van der Waals surface area contributed by atoms with E-state index in [2.05, 4.69) is 15.5 Å². The second-order valence-corrected chi connectivity index (χ2v) is 4.26. The second kappa shape index (κ2) is 5.54. The highest BCUT2D eigenvalue weighted by Crippen LogP contribution is 2.21. The average molecular weight is 283 g/mol. The molecule has 0 fully saturated rings. The molecule has 1 heterocycles. The Hall–Kier alpha value is -3.02. The van der Waals surface area contributed by atoms with E-state index in [9.17, 15) is 9.18 Å². The number of rotatable bonds is 3.